The molecule has 1 aliphatic heterocycles. The number of rotatable bonds is 3. The van der Waals surface area contributed by atoms with E-state index in [9.17, 15) is 14.0 Å². The number of carbonyl (C=O) groups is 2. The van der Waals surface area contributed by atoms with Gasteiger partial charge in [0, 0.05) is 18.1 Å². The molecule has 1 unspecified atom stereocenters. The van der Waals surface area contributed by atoms with Gasteiger partial charge in [0.15, 0.2) is 0 Å². The van der Waals surface area contributed by atoms with Crippen LogP contribution in [0.2, 0.25) is 5.15 Å². The Hall–Kier alpha value is -1.34. The fourth-order valence-electron chi connectivity index (χ4n) is 2.01. The number of halogens is 2. The number of ether oxygens (including phenoxy) is 1. The molecule has 1 aliphatic rings. The van der Waals surface area contributed by atoms with Crippen LogP contribution in [0.3, 0.4) is 0 Å². The highest BCUT2D eigenvalue weighted by Gasteiger charge is 2.35. The molecule has 1 atom stereocenters. The number of carbonyl (C=O) groups excluding carboxylic acids is 2. The lowest BCUT2D eigenvalue weighted by atomic mass is 10.2. The van der Waals surface area contributed by atoms with Crippen molar-refractivity contribution in [1.82, 2.24) is 9.88 Å². The first kappa shape index (κ1) is 16.0. The van der Waals surface area contributed by atoms with E-state index in [0.29, 0.717) is 18.1 Å². The third-order valence-electron chi connectivity index (χ3n) is 2.98. The minimum Gasteiger partial charge on any atom is -0.464 e. The van der Waals surface area contributed by atoms with Gasteiger partial charge in [-0.2, -0.15) is 11.8 Å². The van der Waals surface area contributed by atoms with Gasteiger partial charge < -0.3 is 9.64 Å². The van der Waals surface area contributed by atoms with Gasteiger partial charge in [0.1, 0.15) is 17.0 Å². The van der Waals surface area contributed by atoms with E-state index in [-0.39, 0.29) is 17.3 Å². The summed E-state index contributed by atoms with van der Waals surface area (Å²) in [6.07, 6.45) is 0.938. The van der Waals surface area contributed by atoms with Crippen LogP contribution in [0.1, 0.15) is 17.3 Å². The van der Waals surface area contributed by atoms with Crippen molar-refractivity contribution in [1.29, 1.82) is 0 Å². The number of nitrogens with zero attached hydrogens (tertiary/aromatic N) is 2. The topological polar surface area (TPSA) is 59.5 Å². The zero-order valence-electron chi connectivity index (χ0n) is 11.3. The Bertz CT molecular complexity index is 558. The normalized spacial score (nSPS) is 18.4. The molecule has 0 N–H and O–H groups in total. The first-order chi connectivity index (χ1) is 10.0. The molecule has 0 bridgehead atoms. The van der Waals surface area contributed by atoms with E-state index in [2.05, 4.69) is 4.98 Å². The van der Waals surface area contributed by atoms with Crippen molar-refractivity contribution in [2.45, 2.75) is 13.0 Å². The van der Waals surface area contributed by atoms with Crippen LogP contribution in [0.4, 0.5) is 4.39 Å². The highest BCUT2D eigenvalue weighted by Crippen LogP contribution is 2.23. The number of amides is 1. The number of hydrogen-bond acceptors (Lipinski definition) is 5. The third kappa shape index (κ3) is 3.65. The molecular formula is C13H14ClFN2O3S. The zero-order valence-corrected chi connectivity index (χ0v) is 12.9. The highest BCUT2D eigenvalue weighted by molar-refractivity contribution is 7.99. The molecular weight excluding hydrogens is 319 g/mol. The fraction of sp³-hybridized carbons (Fsp3) is 0.462. The molecule has 0 aromatic carbocycles. The monoisotopic (exact) mass is 332 g/mol. The summed E-state index contributed by atoms with van der Waals surface area (Å²) >= 11 is 7.42. The minimum absolute atomic E-state index is 0.0436. The van der Waals surface area contributed by atoms with Crippen LogP contribution >= 0.6 is 23.4 Å². The van der Waals surface area contributed by atoms with Crippen molar-refractivity contribution < 1.29 is 18.7 Å². The Morgan fingerprint density at radius 2 is 2.38 bits per heavy atom. The average molecular weight is 333 g/mol. The van der Waals surface area contributed by atoms with Gasteiger partial charge in [-0.1, -0.05) is 11.6 Å². The van der Waals surface area contributed by atoms with Crippen molar-refractivity contribution >= 4 is 35.2 Å². The maximum absolute atomic E-state index is 13.3. The third-order valence-corrected chi connectivity index (χ3v) is 4.31. The van der Waals surface area contributed by atoms with Crippen molar-refractivity contribution in [2.75, 3.05) is 24.7 Å². The van der Waals surface area contributed by atoms with E-state index in [1.165, 1.54) is 4.90 Å². The summed E-state index contributed by atoms with van der Waals surface area (Å²) in [7, 11) is 0. The largest absolute Gasteiger partial charge is 0.464 e. The second-order valence-electron chi connectivity index (χ2n) is 4.33. The predicted molar refractivity (Wildman–Crippen MR) is 78.0 cm³/mol. The van der Waals surface area contributed by atoms with Gasteiger partial charge in [0.2, 0.25) is 0 Å². The van der Waals surface area contributed by atoms with Crippen molar-refractivity contribution in [3.8, 4) is 0 Å². The van der Waals surface area contributed by atoms with E-state index in [0.717, 1.165) is 12.3 Å². The first-order valence-corrected chi connectivity index (χ1v) is 7.94. The average Bonchev–Trinajstić information content (AvgIpc) is 2.49. The van der Waals surface area contributed by atoms with Gasteiger partial charge in [-0.3, -0.25) is 4.79 Å². The van der Waals surface area contributed by atoms with Crippen LogP contribution in [0.25, 0.3) is 0 Å². The summed E-state index contributed by atoms with van der Waals surface area (Å²) in [6.45, 7) is 2.32. The van der Waals surface area contributed by atoms with E-state index < -0.39 is 23.7 Å². The summed E-state index contributed by atoms with van der Waals surface area (Å²) in [6, 6.07) is 0.345. The molecule has 2 rings (SSSR count). The molecule has 1 aromatic rings. The minimum atomic E-state index is -0.685. The van der Waals surface area contributed by atoms with Gasteiger partial charge >= 0.3 is 5.97 Å². The second-order valence-corrected chi connectivity index (χ2v) is 5.84. The summed E-state index contributed by atoms with van der Waals surface area (Å²) in [5, 5.41) is -0.0813. The molecule has 1 fully saturated rings. The summed E-state index contributed by atoms with van der Waals surface area (Å²) in [5.41, 5.74) is -0.0436. The Kier molecular flexibility index (Phi) is 5.41. The molecule has 0 spiro atoms. The lowest BCUT2D eigenvalue weighted by Gasteiger charge is -2.33. The maximum Gasteiger partial charge on any atom is 0.329 e. The zero-order chi connectivity index (χ0) is 15.4. The van der Waals surface area contributed by atoms with E-state index in [1.54, 1.807) is 18.7 Å². The van der Waals surface area contributed by atoms with Crippen LogP contribution < -0.4 is 0 Å². The molecule has 1 aromatic heterocycles. The van der Waals surface area contributed by atoms with Crippen molar-refractivity contribution in [3.63, 3.8) is 0 Å². The predicted octanol–water partition coefficient (Wildman–Crippen LogP) is 1.99. The van der Waals surface area contributed by atoms with E-state index >= 15 is 0 Å². The summed E-state index contributed by atoms with van der Waals surface area (Å²) < 4.78 is 18.2. The Morgan fingerprint density at radius 3 is 3.10 bits per heavy atom. The Morgan fingerprint density at radius 1 is 1.62 bits per heavy atom. The summed E-state index contributed by atoms with van der Waals surface area (Å²) in [4.78, 5) is 29.4. The summed E-state index contributed by atoms with van der Waals surface area (Å²) in [5.74, 6) is -0.474. The first-order valence-electron chi connectivity index (χ1n) is 6.41. The highest BCUT2D eigenvalue weighted by atomic mass is 35.5. The van der Waals surface area contributed by atoms with Gasteiger partial charge in [-0.25, -0.2) is 14.2 Å². The van der Waals surface area contributed by atoms with Crippen molar-refractivity contribution in [2.24, 2.45) is 0 Å². The molecule has 8 heteroatoms. The maximum atomic E-state index is 13.3. The molecule has 2 heterocycles. The van der Waals surface area contributed by atoms with Crippen LogP contribution in [0.15, 0.2) is 12.3 Å². The van der Waals surface area contributed by atoms with Crippen LogP contribution in [-0.4, -0.2) is 52.5 Å². The lowest BCUT2D eigenvalue weighted by molar-refractivity contribution is -0.147. The molecule has 1 saturated heterocycles. The van der Waals surface area contributed by atoms with E-state index in [1.807, 2.05) is 0 Å². The van der Waals surface area contributed by atoms with Crippen molar-refractivity contribution in [3.05, 3.63) is 28.8 Å². The number of pyridine rings is 1. The SMILES string of the molecule is CCOC(=O)C1CSCCN1C(=O)c1cc(F)cnc1Cl. The molecule has 0 saturated carbocycles. The standard InChI is InChI=1S/C13H14ClFN2O3S/c1-2-20-13(19)10-7-21-4-3-17(10)12(18)9-5-8(15)6-16-11(9)14/h5-6,10H,2-4,7H2,1H3. The Labute approximate surface area is 130 Å². The molecule has 5 nitrogen and oxygen atoms in total. The Balaban J connectivity index is 2.26. The van der Waals surface area contributed by atoms with Crippen LogP contribution in [0.5, 0.6) is 0 Å². The van der Waals surface area contributed by atoms with E-state index in [4.69, 9.17) is 16.3 Å². The second kappa shape index (κ2) is 7.09. The quantitative estimate of drug-likeness (QED) is 0.626. The van der Waals surface area contributed by atoms with Crippen LogP contribution in [-0.2, 0) is 9.53 Å². The fourth-order valence-corrected chi connectivity index (χ4v) is 3.22. The molecule has 0 aliphatic carbocycles. The molecule has 114 valence electrons. The van der Waals surface area contributed by atoms with Gasteiger partial charge in [-0.05, 0) is 13.0 Å². The smallest absolute Gasteiger partial charge is 0.329 e. The number of aromatic nitrogens is 1. The lowest BCUT2D eigenvalue weighted by Crippen LogP contribution is -2.51. The molecule has 1 amide bonds. The molecule has 21 heavy (non-hydrogen) atoms. The van der Waals surface area contributed by atoms with Gasteiger partial charge in [0.05, 0.1) is 18.4 Å². The van der Waals surface area contributed by atoms with Gasteiger partial charge in [-0.15, -0.1) is 0 Å². The number of hydrogen-bond donors (Lipinski definition) is 0. The van der Waals surface area contributed by atoms with Gasteiger partial charge in [0.25, 0.3) is 5.91 Å². The number of esters is 1. The molecule has 0 radical (unpaired) electrons. The van der Waals surface area contributed by atoms with Crippen LogP contribution in [0, 0.1) is 5.82 Å². The number of thioether (sulfide) groups is 1.